The molecule has 1 saturated carbocycles. The standard InChI is InChI=1S/C22H22N2O4S/c1-10-18(12(3)25)20(19(22(27)28)11(2)23-10)16-9-29-17-7-4-13(8-15(16)17)21(26)24-14-5-6-14/h4,7-9,14,20,23H,5-6H2,1-3H3,(H,24,26)(H,27,28). The van der Waals surface area contributed by atoms with Crippen molar-refractivity contribution in [3.63, 3.8) is 0 Å². The third kappa shape index (κ3) is 3.46. The average molecular weight is 410 g/mol. The highest BCUT2D eigenvalue weighted by Crippen LogP contribution is 2.43. The van der Waals surface area contributed by atoms with Gasteiger partial charge in [-0.1, -0.05) is 0 Å². The van der Waals surface area contributed by atoms with E-state index < -0.39 is 11.9 Å². The molecule has 4 rings (SSSR count). The number of nitrogens with one attached hydrogen (secondary N) is 2. The molecule has 0 radical (unpaired) electrons. The number of carbonyl (C=O) groups is 3. The predicted molar refractivity (Wildman–Crippen MR) is 112 cm³/mol. The van der Waals surface area contributed by atoms with Crippen LogP contribution in [0.15, 0.2) is 46.1 Å². The van der Waals surface area contributed by atoms with Crippen LogP contribution in [0, 0.1) is 0 Å². The molecule has 0 bridgehead atoms. The molecule has 1 aliphatic heterocycles. The van der Waals surface area contributed by atoms with Gasteiger partial charge >= 0.3 is 5.97 Å². The summed E-state index contributed by atoms with van der Waals surface area (Å²) < 4.78 is 0.949. The predicted octanol–water partition coefficient (Wildman–Crippen LogP) is 3.70. The zero-order chi connectivity index (χ0) is 20.9. The Kier molecular flexibility index (Phi) is 4.78. The Morgan fingerprint density at radius 2 is 1.83 bits per heavy atom. The molecule has 29 heavy (non-hydrogen) atoms. The maximum Gasteiger partial charge on any atom is 0.334 e. The number of dihydropyridines is 1. The van der Waals surface area contributed by atoms with Crippen LogP contribution in [0.3, 0.4) is 0 Å². The van der Waals surface area contributed by atoms with Crippen LogP contribution in [0.1, 0.15) is 55.5 Å². The second kappa shape index (κ2) is 7.15. The van der Waals surface area contributed by atoms with E-state index in [-0.39, 0.29) is 23.3 Å². The number of carbonyl (C=O) groups excluding carboxylic acids is 2. The number of benzene rings is 1. The van der Waals surface area contributed by atoms with Crippen LogP contribution in [-0.4, -0.2) is 28.8 Å². The van der Waals surface area contributed by atoms with Crippen LogP contribution >= 0.6 is 11.3 Å². The summed E-state index contributed by atoms with van der Waals surface area (Å²) in [7, 11) is 0. The van der Waals surface area contributed by atoms with Gasteiger partial charge in [0.25, 0.3) is 5.91 Å². The molecule has 6 nitrogen and oxygen atoms in total. The molecule has 0 saturated heterocycles. The largest absolute Gasteiger partial charge is 0.478 e. The Bertz CT molecular complexity index is 1090. The molecule has 3 N–H and O–H groups in total. The van der Waals surface area contributed by atoms with Crippen LogP contribution in [0.5, 0.6) is 0 Å². The molecular weight excluding hydrogens is 388 g/mol. The summed E-state index contributed by atoms with van der Waals surface area (Å²) in [4.78, 5) is 37.1. The molecule has 2 aliphatic rings. The van der Waals surface area contributed by atoms with Gasteiger partial charge in [0.1, 0.15) is 0 Å². The lowest BCUT2D eigenvalue weighted by atomic mass is 9.79. The number of carboxylic acids is 1. The van der Waals surface area contributed by atoms with E-state index in [1.165, 1.54) is 18.3 Å². The van der Waals surface area contributed by atoms with Crippen molar-refractivity contribution in [1.82, 2.24) is 10.6 Å². The summed E-state index contributed by atoms with van der Waals surface area (Å²) in [5.74, 6) is -2.04. The van der Waals surface area contributed by atoms with Crippen molar-refractivity contribution in [2.75, 3.05) is 0 Å². The van der Waals surface area contributed by atoms with E-state index in [0.717, 1.165) is 28.5 Å². The Labute approximate surface area is 172 Å². The van der Waals surface area contributed by atoms with E-state index in [0.29, 0.717) is 22.5 Å². The van der Waals surface area contributed by atoms with E-state index in [4.69, 9.17) is 0 Å². The summed E-state index contributed by atoms with van der Waals surface area (Å²) in [5.41, 5.74) is 3.07. The highest BCUT2D eigenvalue weighted by Gasteiger charge is 2.36. The van der Waals surface area contributed by atoms with Gasteiger partial charge in [0.2, 0.25) is 0 Å². The number of hydrogen-bond acceptors (Lipinski definition) is 5. The van der Waals surface area contributed by atoms with Gasteiger partial charge in [0.05, 0.1) is 5.57 Å². The summed E-state index contributed by atoms with van der Waals surface area (Å²) in [6.45, 7) is 4.95. The number of allylic oxidation sites excluding steroid dienone is 3. The van der Waals surface area contributed by atoms with Gasteiger partial charge in [-0.15, -0.1) is 11.3 Å². The molecule has 1 aliphatic carbocycles. The number of hydrogen-bond donors (Lipinski definition) is 3. The van der Waals surface area contributed by atoms with E-state index >= 15 is 0 Å². The van der Waals surface area contributed by atoms with Crippen LogP contribution in [0.2, 0.25) is 0 Å². The first kappa shape index (κ1) is 19.4. The highest BCUT2D eigenvalue weighted by atomic mass is 32.1. The maximum absolute atomic E-state index is 12.5. The van der Waals surface area contributed by atoms with Crippen LogP contribution in [0.25, 0.3) is 10.1 Å². The zero-order valence-electron chi connectivity index (χ0n) is 16.5. The molecule has 1 fully saturated rings. The van der Waals surface area contributed by atoms with Crippen molar-refractivity contribution in [2.24, 2.45) is 0 Å². The molecule has 1 aromatic heterocycles. The second-order valence-electron chi connectivity index (χ2n) is 7.65. The first-order chi connectivity index (χ1) is 13.8. The number of fused-ring (bicyclic) bond motifs is 1. The minimum absolute atomic E-state index is 0.124. The zero-order valence-corrected chi connectivity index (χ0v) is 17.3. The highest BCUT2D eigenvalue weighted by molar-refractivity contribution is 7.17. The van der Waals surface area contributed by atoms with Crippen LogP contribution < -0.4 is 10.6 Å². The number of thiophene rings is 1. The average Bonchev–Trinajstić information content (AvgIpc) is 3.35. The summed E-state index contributed by atoms with van der Waals surface area (Å²) in [6, 6.07) is 5.73. The minimum Gasteiger partial charge on any atom is -0.478 e. The summed E-state index contributed by atoms with van der Waals surface area (Å²) >= 11 is 1.48. The normalized spacial score (nSPS) is 19.3. The molecular formula is C22H22N2O4S. The van der Waals surface area contributed by atoms with Crippen molar-refractivity contribution in [1.29, 1.82) is 0 Å². The fraction of sp³-hybridized carbons (Fsp3) is 0.318. The van der Waals surface area contributed by atoms with Gasteiger partial charge in [-0.25, -0.2) is 4.79 Å². The van der Waals surface area contributed by atoms with Gasteiger partial charge in [-0.05, 0) is 68.1 Å². The van der Waals surface area contributed by atoms with E-state index in [9.17, 15) is 19.5 Å². The second-order valence-corrected chi connectivity index (χ2v) is 8.56. The van der Waals surface area contributed by atoms with Crippen LogP contribution in [-0.2, 0) is 9.59 Å². The molecule has 0 spiro atoms. The minimum atomic E-state index is -1.06. The number of carboxylic acid groups (broad SMARTS) is 1. The number of rotatable bonds is 5. The summed E-state index contributed by atoms with van der Waals surface area (Å²) in [5, 5.41) is 18.6. The molecule has 1 amide bonds. The number of aliphatic carboxylic acids is 1. The Morgan fingerprint density at radius 1 is 1.14 bits per heavy atom. The number of amides is 1. The first-order valence-electron chi connectivity index (χ1n) is 9.52. The van der Waals surface area contributed by atoms with Crippen molar-refractivity contribution in [3.05, 3.63) is 57.2 Å². The van der Waals surface area contributed by atoms with E-state index in [1.54, 1.807) is 19.9 Å². The molecule has 2 aromatic rings. The number of ketones is 1. The van der Waals surface area contributed by atoms with Gasteiger partial charge in [0, 0.05) is 39.2 Å². The Morgan fingerprint density at radius 3 is 2.45 bits per heavy atom. The quantitative estimate of drug-likeness (QED) is 0.699. The van der Waals surface area contributed by atoms with Crippen LogP contribution in [0.4, 0.5) is 0 Å². The molecule has 7 heteroatoms. The monoisotopic (exact) mass is 410 g/mol. The van der Waals surface area contributed by atoms with Gasteiger partial charge in [-0.2, -0.15) is 0 Å². The van der Waals surface area contributed by atoms with Gasteiger partial charge < -0.3 is 15.7 Å². The van der Waals surface area contributed by atoms with E-state index in [2.05, 4.69) is 10.6 Å². The lowest BCUT2D eigenvalue weighted by molar-refractivity contribution is -0.133. The molecule has 150 valence electrons. The third-order valence-corrected chi connectivity index (χ3v) is 6.44. The van der Waals surface area contributed by atoms with Crippen molar-refractivity contribution < 1.29 is 19.5 Å². The summed E-state index contributed by atoms with van der Waals surface area (Å²) in [6.07, 6.45) is 2.01. The molecule has 1 atom stereocenters. The lowest BCUT2D eigenvalue weighted by Gasteiger charge is -2.29. The van der Waals surface area contributed by atoms with Crippen molar-refractivity contribution >= 4 is 39.1 Å². The topological polar surface area (TPSA) is 95.5 Å². The lowest BCUT2D eigenvalue weighted by Crippen LogP contribution is -2.30. The fourth-order valence-corrected chi connectivity index (χ4v) is 4.93. The van der Waals surface area contributed by atoms with Gasteiger partial charge in [-0.3, -0.25) is 9.59 Å². The fourth-order valence-electron chi connectivity index (χ4n) is 3.97. The molecule has 2 heterocycles. The maximum atomic E-state index is 12.5. The first-order valence-corrected chi connectivity index (χ1v) is 10.4. The van der Waals surface area contributed by atoms with Crippen molar-refractivity contribution in [3.8, 4) is 0 Å². The molecule has 1 unspecified atom stereocenters. The smallest absolute Gasteiger partial charge is 0.334 e. The van der Waals surface area contributed by atoms with Gasteiger partial charge in [0.15, 0.2) is 5.78 Å². The Hall–Kier alpha value is -2.93. The number of Topliss-reactive ketones (excluding diaryl/α,β-unsaturated/α-hetero) is 1. The molecule has 1 aromatic carbocycles. The van der Waals surface area contributed by atoms with E-state index in [1.807, 2.05) is 17.5 Å². The Balaban J connectivity index is 1.87. The van der Waals surface area contributed by atoms with Crippen molar-refractivity contribution in [2.45, 2.75) is 45.6 Å². The third-order valence-electron chi connectivity index (χ3n) is 5.46. The SMILES string of the molecule is CC(=O)C1=C(C)NC(C)=C(C(=O)O)C1c1csc2ccc(C(=O)NC3CC3)cc12.